The maximum Gasteiger partial charge on any atom is 0.337 e. The second-order valence-electron chi connectivity index (χ2n) is 5.23. The van der Waals surface area contributed by atoms with E-state index in [-0.39, 0.29) is 27.9 Å². The largest absolute Gasteiger partial charge is 0.478 e. The zero-order valence-electron chi connectivity index (χ0n) is 12.6. The Balaban J connectivity index is 1.92. The number of nitrogens with zero attached hydrogens (tertiary/aromatic N) is 1. The first-order chi connectivity index (χ1) is 11.4. The predicted octanol–water partition coefficient (Wildman–Crippen LogP) is 1.86. The average Bonchev–Trinajstić information content (AvgIpc) is 2.79. The molecule has 0 saturated heterocycles. The molecule has 120 valence electrons. The Morgan fingerprint density at radius 2 is 1.67 bits per heavy atom. The van der Waals surface area contributed by atoms with Crippen LogP contribution in [0.25, 0.3) is 0 Å². The normalized spacial score (nSPS) is 13.0. The van der Waals surface area contributed by atoms with Gasteiger partial charge >= 0.3 is 5.97 Å². The minimum absolute atomic E-state index is 0.0435. The highest BCUT2D eigenvalue weighted by molar-refractivity contribution is 6.22. The number of para-hydroxylation sites is 1. The number of hydrogen-bond acceptors (Lipinski definition) is 4. The van der Waals surface area contributed by atoms with Crippen molar-refractivity contribution in [1.29, 1.82) is 0 Å². The lowest BCUT2D eigenvalue weighted by molar-refractivity contribution is 0.0682. The second-order valence-corrected chi connectivity index (χ2v) is 5.23. The summed E-state index contributed by atoms with van der Waals surface area (Å²) in [6.07, 6.45) is 0. The molecule has 3 amide bonds. The van der Waals surface area contributed by atoms with Crippen molar-refractivity contribution in [2.24, 2.45) is 0 Å². The monoisotopic (exact) mass is 324 g/mol. The van der Waals surface area contributed by atoms with Crippen molar-refractivity contribution in [3.8, 4) is 0 Å². The number of benzene rings is 2. The van der Waals surface area contributed by atoms with Crippen molar-refractivity contribution in [3.63, 3.8) is 0 Å². The summed E-state index contributed by atoms with van der Waals surface area (Å²) in [7, 11) is 1.37. The summed E-state index contributed by atoms with van der Waals surface area (Å²) >= 11 is 0. The van der Waals surface area contributed by atoms with Crippen LogP contribution in [0.15, 0.2) is 42.5 Å². The molecule has 1 aliphatic rings. The lowest BCUT2D eigenvalue weighted by atomic mass is 10.0. The number of imide groups is 1. The highest BCUT2D eigenvalue weighted by atomic mass is 16.4. The Kier molecular flexibility index (Phi) is 3.61. The van der Waals surface area contributed by atoms with Gasteiger partial charge in [-0.1, -0.05) is 12.1 Å². The van der Waals surface area contributed by atoms with E-state index in [1.807, 2.05) is 0 Å². The summed E-state index contributed by atoms with van der Waals surface area (Å²) < 4.78 is 0. The molecular formula is C17H12N2O5. The summed E-state index contributed by atoms with van der Waals surface area (Å²) in [5.41, 5.74) is 0.657. The van der Waals surface area contributed by atoms with E-state index in [1.165, 1.54) is 37.4 Å². The first-order valence-corrected chi connectivity index (χ1v) is 7.00. The minimum Gasteiger partial charge on any atom is -0.478 e. The van der Waals surface area contributed by atoms with Gasteiger partial charge in [-0.2, -0.15) is 0 Å². The number of carbonyl (C=O) groups excluding carboxylic acids is 3. The van der Waals surface area contributed by atoms with Crippen molar-refractivity contribution in [2.75, 3.05) is 12.4 Å². The van der Waals surface area contributed by atoms with Gasteiger partial charge in [-0.25, -0.2) is 4.79 Å². The van der Waals surface area contributed by atoms with E-state index in [1.54, 1.807) is 12.1 Å². The number of carboxylic acids is 1. The van der Waals surface area contributed by atoms with Crippen molar-refractivity contribution in [2.45, 2.75) is 0 Å². The molecular weight excluding hydrogens is 312 g/mol. The Hall–Kier alpha value is -3.48. The van der Waals surface area contributed by atoms with Crippen molar-refractivity contribution >= 4 is 29.4 Å². The highest BCUT2D eigenvalue weighted by Crippen LogP contribution is 2.23. The highest BCUT2D eigenvalue weighted by Gasteiger charge is 2.33. The molecule has 0 bridgehead atoms. The van der Waals surface area contributed by atoms with Crippen LogP contribution in [0.1, 0.15) is 41.4 Å². The molecule has 1 aliphatic heterocycles. The summed E-state index contributed by atoms with van der Waals surface area (Å²) in [5.74, 6) is -2.63. The van der Waals surface area contributed by atoms with Gasteiger partial charge < -0.3 is 10.4 Å². The van der Waals surface area contributed by atoms with Gasteiger partial charge in [0.15, 0.2) is 0 Å². The number of nitrogens with one attached hydrogen (secondary N) is 1. The van der Waals surface area contributed by atoms with Crippen LogP contribution in [0.3, 0.4) is 0 Å². The molecule has 0 radical (unpaired) electrons. The number of rotatable bonds is 3. The fourth-order valence-corrected chi connectivity index (χ4v) is 2.48. The van der Waals surface area contributed by atoms with Crippen molar-refractivity contribution in [3.05, 3.63) is 64.7 Å². The molecule has 2 N–H and O–H groups in total. The fourth-order valence-electron chi connectivity index (χ4n) is 2.48. The molecule has 0 aliphatic carbocycles. The number of carboxylic acid groups (broad SMARTS) is 1. The molecule has 0 aromatic heterocycles. The molecule has 1 heterocycles. The summed E-state index contributed by atoms with van der Waals surface area (Å²) in [6.45, 7) is 0. The number of hydrogen-bond donors (Lipinski definition) is 2. The number of carbonyl (C=O) groups is 4. The molecule has 2 aromatic carbocycles. The molecule has 3 rings (SSSR count). The molecule has 7 heteroatoms. The maximum absolute atomic E-state index is 12.3. The quantitative estimate of drug-likeness (QED) is 0.839. The Morgan fingerprint density at radius 1 is 1.00 bits per heavy atom. The third-order valence-electron chi connectivity index (χ3n) is 3.76. The summed E-state index contributed by atoms with van der Waals surface area (Å²) in [4.78, 5) is 48.3. The Bertz CT molecular complexity index is 904. The van der Waals surface area contributed by atoms with Crippen LogP contribution >= 0.6 is 0 Å². The average molecular weight is 324 g/mol. The standard InChI is InChI=1S/C17H12N2O5/c1-19-15(21)10-7-6-9(8-12(10)16(19)22)14(20)18-13-5-3-2-4-11(13)17(23)24/h2-8H,1H3,(H,18,20)(H,23,24). The summed E-state index contributed by atoms with van der Waals surface area (Å²) in [5, 5.41) is 11.6. The van der Waals surface area contributed by atoms with Gasteiger partial charge in [0.25, 0.3) is 17.7 Å². The van der Waals surface area contributed by atoms with Crippen LogP contribution in [0.4, 0.5) is 5.69 Å². The van der Waals surface area contributed by atoms with Gasteiger partial charge in [-0.3, -0.25) is 19.3 Å². The number of aromatic carboxylic acids is 1. The maximum atomic E-state index is 12.3. The third kappa shape index (κ3) is 2.41. The van der Waals surface area contributed by atoms with E-state index in [0.717, 1.165) is 4.90 Å². The van der Waals surface area contributed by atoms with Crippen LogP contribution < -0.4 is 5.32 Å². The third-order valence-corrected chi connectivity index (χ3v) is 3.76. The van der Waals surface area contributed by atoms with E-state index in [9.17, 15) is 19.2 Å². The molecule has 7 nitrogen and oxygen atoms in total. The van der Waals surface area contributed by atoms with Crippen LogP contribution in [-0.4, -0.2) is 40.7 Å². The topological polar surface area (TPSA) is 104 Å². The molecule has 0 saturated carbocycles. The zero-order chi connectivity index (χ0) is 17.4. The van der Waals surface area contributed by atoms with Gasteiger partial charge in [-0.15, -0.1) is 0 Å². The molecule has 0 fully saturated rings. The minimum atomic E-state index is -1.16. The van der Waals surface area contributed by atoms with Gasteiger partial charge in [0.1, 0.15) is 0 Å². The molecule has 0 atom stereocenters. The molecule has 2 aromatic rings. The molecule has 0 unspecified atom stereocenters. The Morgan fingerprint density at radius 3 is 2.38 bits per heavy atom. The SMILES string of the molecule is CN1C(=O)c2ccc(C(=O)Nc3ccccc3C(=O)O)cc2C1=O. The smallest absolute Gasteiger partial charge is 0.337 e. The van der Waals surface area contributed by atoms with Crippen LogP contribution in [-0.2, 0) is 0 Å². The first kappa shape index (κ1) is 15.4. The van der Waals surface area contributed by atoms with E-state index < -0.39 is 23.7 Å². The summed E-state index contributed by atoms with van der Waals surface area (Å²) in [6, 6.07) is 10.2. The van der Waals surface area contributed by atoms with Crippen LogP contribution in [0.5, 0.6) is 0 Å². The van der Waals surface area contributed by atoms with E-state index in [2.05, 4.69) is 5.32 Å². The van der Waals surface area contributed by atoms with Crippen molar-refractivity contribution in [1.82, 2.24) is 4.90 Å². The lowest BCUT2D eigenvalue weighted by Crippen LogP contribution is -2.24. The number of amides is 3. The zero-order valence-corrected chi connectivity index (χ0v) is 12.6. The van der Waals surface area contributed by atoms with Crippen LogP contribution in [0, 0.1) is 0 Å². The van der Waals surface area contributed by atoms with Crippen LogP contribution in [0.2, 0.25) is 0 Å². The second kappa shape index (κ2) is 5.62. The van der Waals surface area contributed by atoms with Gasteiger partial charge in [0.05, 0.1) is 22.4 Å². The number of anilines is 1. The van der Waals surface area contributed by atoms with Gasteiger partial charge in [-0.05, 0) is 30.3 Å². The van der Waals surface area contributed by atoms with E-state index in [4.69, 9.17) is 5.11 Å². The molecule has 0 spiro atoms. The Labute approximate surface area is 136 Å². The number of fused-ring (bicyclic) bond motifs is 1. The predicted molar refractivity (Wildman–Crippen MR) is 84.2 cm³/mol. The van der Waals surface area contributed by atoms with Crippen molar-refractivity contribution < 1.29 is 24.3 Å². The van der Waals surface area contributed by atoms with E-state index in [0.29, 0.717) is 0 Å². The van der Waals surface area contributed by atoms with Gasteiger partial charge in [0, 0.05) is 12.6 Å². The van der Waals surface area contributed by atoms with E-state index >= 15 is 0 Å². The first-order valence-electron chi connectivity index (χ1n) is 7.00. The molecule has 24 heavy (non-hydrogen) atoms. The van der Waals surface area contributed by atoms with Gasteiger partial charge in [0.2, 0.25) is 0 Å². The lowest BCUT2D eigenvalue weighted by Gasteiger charge is -2.08. The fraction of sp³-hybridized carbons (Fsp3) is 0.0588.